The molecule has 0 atom stereocenters. The average Bonchev–Trinajstić information content (AvgIpc) is 2.28. The van der Waals surface area contributed by atoms with Gasteiger partial charge in [-0.2, -0.15) is 9.37 Å². The summed E-state index contributed by atoms with van der Waals surface area (Å²) >= 11 is 0. The monoisotopic (exact) mass is 252 g/mol. The maximum absolute atomic E-state index is 13.2. The topological polar surface area (TPSA) is 38.9 Å². The Balaban J connectivity index is 3.17. The first kappa shape index (κ1) is 11.5. The van der Waals surface area contributed by atoms with Crippen molar-refractivity contribution < 1.29 is 26.3 Å². The highest BCUT2D eigenvalue weighted by Crippen LogP contribution is 2.32. The third-order valence-electron chi connectivity index (χ3n) is 2.14. The maximum atomic E-state index is 13.2. The van der Waals surface area contributed by atoms with Gasteiger partial charge in [-0.25, -0.2) is 22.0 Å². The predicted molar refractivity (Wildman–Crippen MR) is 45.9 cm³/mol. The van der Waals surface area contributed by atoms with Crippen molar-refractivity contribution in [2.24, 2.45) is 0 Å². The van der Waals surface area contributed by atoms with E-state index in [1.54, 1.807) is 0 Å². The fraction of sp³-hybridized carbons (Fsp3) is 0. The van der Waals surface area contributed by atoms with E-state index in [0.717, 1.165) is 0 Å². The van der Waals surface area contributed by atoms with Gasteiger partial charge in [0.15, 0.2) is 29.1 Å². The average molecular weight is 252 g/mol. The fourth-order valence-corrected chi connectivity index (χ4v) is 1.39. The van der Waals surface area contributed by atoms with Gasteiger partial charge in [-0.1, -0.05) is 0 Å². The molecule has 0 radical (unpaired) electrons. The quantitative estimate of drug-likeness (QED) is 0.339. The molecule has 0 aliphatic carbocycles. The van der Waals surface area contributed by atoms with Crippen molar-refractivity contribution in [3.63, 3.8) is 0 Å². The molecule has 2 aromatic rings. The molecule has 17 heavy (non-hydrogen) atoms. The van der Waals surface area contributed by atoms with E-state index in [-0.39, 0.29) is 0 Å². The zero-order chi connectivity index (χ0) is 12.9. The minimum absolute atomic E-state index is 0.978. The Hall–Kier alpha value is -1.99. The lowest BCUT2D eigenvalue weighted by atomic mass is 10.1. The summed E-state index contributed by atoms with van der Waals surface area (Å²) in [7, 11) is 0. The number of anilines is 1. The Morgan fingerprint density at radius 3 is 1.65 bits per heavy atom. The van der Waals surface area contributed by atoms with Crippen LogP contribution in [0.25, 0.3) is 10.8 Å². The number of hydrogen-bond donors (Lipinski definition) is 1. The highest BCUT2D eigenvalue weighted by Gasteiger charge is 2.26. The van der Waals surface area contributed by atoms with Gasteiger partial charge in [-0.15, -0.1) is 0 Å². The highest BCUT2D eigenvalue weighted by molar-refractivity contribution is 5.92. The summed E-state index contributed by atoms with van der Waals surface area (Å²) in [6, 6.07) is 0. The molecule has 0 bridgehead atoms. The van der Waals surface area contributed by atoms with Crippen LogP contribution in [0.5, 0.6) is 0 Å². The molecule has 0 aliphatic heterocycles. The number of hydrogen-bond acceptors (Lipinski definition) is 2. The van der Waals surface area contributed by atoms with E-state index in [1.165, 1.54) is 0 Å². The zero-order valence-corrected chi connectivity index (χ0v) is 7.79. The second kappa shape index (κ2) is 3.51. The van der Waals surface area contributed by atoms with Crippen molar-refractivity contribution in [3.05, 3.63) is 35.0 Å². The fourth-order valence-electron chi connectivity index (χ4n) is 1.39. The molecule has 90 valence electrons. The predicted octanol–water partition coefficient (Wildman–Crippen LogP) is 2.65. The van der Waals surface area contributed by atoms with Crippen LogP contribution in [0, 0.1) is 35.0 Å². The van der Waals surface area contributed by atoms with Gasteiger partial charge in [0.2, 0.25) is 0 Å². The summed E-state index contributed by atoms with van der Waals surface area (Å²) in [5, 5.41) is -2.55. The van der Waals surface area contributed by atoms with Gasteiger partial charge in [-0.05, 0) is 0 Å². The van der Waals surface area contributed by atoms with Crippen LogP contribution in [0.3, 0.4) is 0 Å². The van der Waals surface area contributed by atoms with Crippen LogP contribution < -0.4 is 5.73 Å². The van der Waals surface area contributed by atoms with Crippen LogP contribution in [0.4, 0.5) is 32.2 Å². The normalized spacial score (nSPS) is 11.2. The third-order valence-corrected chi connectivity index (χ3v) is 2.14. The molecule has 0 amide bonds. The number of benzene rings is 1. The zero-order valence-electron chi connectivity index (χ0n) is 7.79. The molecule has 0 spiro atoms. The lowest BCUT2D eigenvalue weighted by Gasteiger charge is -2.07. The van der Waals surface area contributed by atoms with Crippen LogP contribution in [-0.4, -0.2) is 4.98 Å². The first-order valence-corrected chi connectivity index (χ1v) is 4.12. The van der Waals surface area contributed by atoms with E-state index in [2.05, 4.69) is 4.98 Å². The largest absolute Gasteiger partial charge is 0.383 e. The highest BCUT2D eigenvalue weighted by atomic mass is 19.2. The number of nitrogens with zero attached hydrogens (tertiary/aromatic N) is 1. The molecule has 2 N–H and O–H groups in total. The summed E-state index contributed by atoms with van der Waals surface area (Å²) in [4.78, 5) is 2.71. The van der Waals surface area contributed by atoms with E-state index < -0.39 is 51.6 Å². The van der Waals surface area contributed by atoms with E-state index in [1.807, 2.05) is 0 Å². The van der Waals surface area contributed by atoms with E-state index >= 15 is 0 Å². The number of rotatable bonds is 0. The Bertz CT molecular complexity index is 640. The lowest BCUT2D eigenvalue weighted by Crippen LogP contribution is -2.06. The molecule has 0 unspecified atom stereocenters. The Morgan fingerprint density at radius 1 is 0.647 bits per heavy atom. The molecule has 0 aliphatic rings. The van der Waals surface area contributed by atoms with Crippen LogP contribution >= 0.6 is 0 Å². The number of fused-ring (bicyclic) bond motifs is 1. The first-order valence-electron chi connectivity index (χ1n) is 4.12. The van der Waals surface area contributed by atoms with Gasteiger partial charge < -0.3 is 5.73 Å². The summed E-state index contributed by atoms with van der Waals surface area (Å²) < 4.78 is 78.0. The molecule has 1 heterocycles. The van der Waals surface area contributed by atoms with Gasteiger partial charge >= 0.3 is 0 Å². The molecule has 8 heteroatoms. The van der Waals surface area contributed by atoms with Crippen molar-refractivity contribution in [1.82, 2.24) is 4.98 Å². The molecule has 1 aromatic carbocycles. The van der Waals surface area contributed by atoms with Gasteiger partial charge in [0.1, 0.15) is 5.82 Å². The maximum Gasteiger partial charge on any atom is 0.251 e. The number of halogens is 6. The van der Waals surface area contributed by atoms with Crippen molar-refractivity contribution in [2.75, 3.05) is 5.73 Å². The second-order valence-corrected chi connectivity index (χ2v) is 3.11. The second-order valence-electron chi connectivity index (χ2n) is 3.11. The van der Waals surface area contributed by atoms with E-state index in [4.69, 9.17) is 5.73 Å². The minimum Gasteiger partial charge on any atom is -0.383 e. The Morgan fingerprint density at radius 2 is 1.12 bits per heavy atom. The van der Waals surface area contributed by atoms with Crippen molar-refractivity contribution in [1.29, 1.82) is 0 Å². The lowest BCUT2D eigenvalue weighted by molar-refractivity contribution is 0.413. The molecule has 2 rings (SSSR count). The van der Waals surface area contributed by atoms with Crippen LogP contribution in [0.1, 0.15) is 0 Å². The van der Waals surface area contributed by atoms with Crippen LogP contribution in [-0.2, 0) is 0 Å². The Kier molecular flexibility index (Phi) is 2.37. The molecular weight excluding hydrogens is 250 g/mol. The molecule has 2 nitrogen and oxygen atoms in total. The van der Waals surface area contributed by atoms with Crippen molar-refractivity contribution in [3.8, 4) is 0 Å². The first-order chi connectivity index (χ1) is 7.86. The SMILES string of the molecule is Nc1nc(F)c(F)c2c(F)c(F)c(F)c(F)c12. The molecular formula is C9H2F6N2. The smallest absolute Gasteiger partial charge is 0.251 e. The van der Waals surface area contributed by atoms with Crippen molar-refractivity contribution in [2.45, 2.75) is 0 Å². The number of aromatic nitrogens is 1. The van der Waals surface area contributed by atoms with Crippen molar-refractivity contribution >= 4 is 16.6 Å². The summed E-state index contributed by atoms with van der Waals surface area (Å²) in [6.45, 7) is 0. The van der Waals surface area contributed by atoms with Crippen LogP contribution in [0.15, 0.2) is 0 Å². The van der Waals surface area contributed by atoms with E-state index in [9.17, 15) is 26.3 Å². The number of nitrogens with two attached hydrogens (primary N) is 1. The van der Waals surface area contributed by atoms with E-state index in [0.29, 0.717) is 0 Å². The minimum atomic E-state index is -2.25. The van der Waals surface area contributed by atoms with Gasteiger partial charge in [0, 0.05) is 0 Å². The van der Waals surface area contributed by atoms with Gasteiger partial charge in [0.25, 0.3) is 5.95 Å². The van der Waals surface area contributed by atoms with Gasteiger partial charge in [-0.3, -0.25) is 0 Å². The molecule has 1 aromatic heterocycles. The standard InChI is InChI=1S/C9H2F6N2/c10-3-1-2(4(11)7(14)6(3)13)9(16)17-8(15)5(1)12/h(H2,16,17). The summed E-state index contributed by atoms with van der Waals surface area (Å²) in [5.74, 6) is -13.2. The summed E-state index contributed by atoms with van der Waals surface area (Å²) in [5.41, 5.74) is 5.00. The number of pyridine rings is 1. The van der Waals surface area contributed by atoms with Crippen LogP contribution in [0.2, 0.25) is 0 Å². The summed E-state index contributed by atoms with van der Waals surface area (Å²) in [6.07, 6.45) is 0. The molecule has 0 saturated carbocycles. The molecule has 0 saturated heterocycles. The number of nitrogen functional groups attached to an aromatic ring is 1. The van der Waals surface area contributed by atoms with Gasteiger partial charge in [0.05, 0.1) is 10.8 Å². The molecule has 0 fully saturated rings. The third kappa shape index (κ3) is 1.40. The Labute approximate surface area is 89.7 Å².